The molecule has 3 aromatic rings. The molecule has 20 heavy (non-hydrogen) atoms. The minimum Gasteiger partial charge on any atom is -0.408 e. The second-order valence-corrected chi connectivity index (χ2v) is 6.37. The van der Waals surface area contributed by atoms with Crippen LogP contribution in [0.25, 0.3) is 11.1 Å². The van der Waals surface area contributed by atoms with Crippen molar-refractivity contribution in [1.29, 1.82) is 0 Å². The topological polar surface area (TPSA) is 72.0 Å². The van der Waals surface area contributed by atoms with E-state index >= 15 is 0 Å². The summed E-state index contributed by atoms with van der Waals surface area (Å²) in [5.74, 6) is -0.430. The van der Waals surface area contributed by atoms with Gasteiger partial charge >= 0.3 is 5.76 Å². The number of thiophene rings is 1. The number of nitrogens with one attached hydrogen (secondary N) is 1. The molecule has 1 aromatic carbocycles. The van der Waals surface area contributed by atoms with Crippen molar-refractivity contribution in [3.05, 3.63) is 55.7 Å². The molecule has 1 unspecified atom stereocenters. The Morgan fingerprint density at radius 1 is 1.30 bits per heavy atom. The Morgan fingerprint density at radius 2 is 2.20 bits per heavy atom. The number of hydrogen-bond acceptors (Lipinski definition) is 4. The molecule has 4 rings (SSSR count). The van der Waals surface area contributed by atoms with E-state index in [2.05, 4.69) is 11.1 Å². The largest absolute Gasteiger partial charge is 0.417 e. The van der Waals surface area contributed by atoms with Crippen LogP contribution in [0.5, 0.6) is 0 Å². The number of rotatable bonds is 2. The van der Waals surface area contributed by atoms with Crippen LogP contribution in [0.2, 0.25) is 0 Å². The van der Waals surface area contributed by atoms with Crippen molar-refractivity contribution in [2.45, 2.75) is 25.3 Å². The van der Waals surface area contributed by atoms with Gasteiger partial charge in [-0.3, -0.25) is 4.98 Å². The third-order valence-electron chi connectivity index (χ3n) is 3.88. The second kappa shape index (κ2) is 4.33. The van der Waals surface area contributed by atoms with Gasteiger partial charge in [0.2, 0.25) is 0 Å². The van der Waals surface area contributed by atoms with Gasteiger partial charge in [-0.1, -0.05) is 6.07 Å². The highest BCUT2D eigenvalue weighted by Crippen LogP contribution is 2.35. The van der Waals surface area contributed by atoms with E-state index in [1.54, 1.807) is 0 Å². The van der Waals surface area contributed by atoms with Crippen LogP contribution in [0.3, 0.4) is 0 Å². The predicted molar refractivity (Wildman–Crippen MR) is 79.2 cm³/mol. The normalized spacial score (nSPS) is 15.7. The highest BCUT2D eigenvalue weighted by atomic mass is 32.1. The highest BCUT2D eigenvalue weighted by molar-refractivity contribution is 7.12. The Bertz CT molecular complexity index is 822. The maximum Gasteiger partial charge on any atom is 0.417 e. The van der Waals surface area contributed by atoms with E-state index in [0.29, 0.717) is 11.1 Å². The fourth-order valence-electron chi connectivity index (χ4n) is 2.83. The molecule has 3 N–H and O–H groups in total. The average Bonchev–Trinajstić information content (AvgIpc) is 3.08. The summed E-state index contributed by atoms with van der Waals surface area (Å²) in [6, 6.07) is 7.72. The minimum absolute atomic E-state index is 0.157. The van der Waals surface area contributed by atoms with Crippen molar-refractivity contribution in [2.24, 2.45) is 5.73 Å². The van der Waals surface area contributed by atoms with E-state index < -0.39 is 5.76 Å². The molecule has 2 aromatic heterocycles. The average molecular weight is 286 g/mol. The zero-order chi connectivity index (χ0) is 13.7. The first-order chi connectivity index (χ1) is 9.70. The van der Waals surface area contributed by atoms with Gasteiger partial charge in [0, 0.05) is 9.75 Å². The molecular formula is C15H14N2O2S. The molecule has 0 amide bonds. The number of benzene rings is 1. The number of aromatic nitrogens is 1. The summed E-state index contributed by atoms with van der Waals surface area (Å²) in [4.78, 5) is 16.5. The first-order valence-electron chi connectivity index (χ1n) is 6.70. The van der Waals surface area contributed by atoms with Crippen molar-refractivity contribution in [1.82, 2.24) is 4.98 Å². The molecule has 1 aliphatic rings. The predicted octanol–water partition coefficient (Wildman–Crippen LogP) is 2.72. The number of nitrogens with two attached hydrogens (primary N) is 1. The van der Waals surface area contributed by atoms with Crippen molar-refractivity contribution in [2.75, 3.05) is 0 Å². The lowest BCUT2D eigenvalue weighted by Gasteiger charge is -2.09. The Morgan fingerprint density at radius 3 is 3.05 bits per heavy atom. The van der Waals surface area contributed by atoms with Crippen LogP contribution in [0, 0.1) is 0 Å². The quantitative estimate of drug-likeness (QED) is 0.761. The van der Waals surface area contributed by atoms with E-state index in [1.807, 2.05) is 29.5 Å². The van der Waals surface area contributed by atoms with Gasteiger partial charge in [0.1, 0.15) is 0 Å². The molecular weight excluding hydrogens is 272 g/mol. The van der Waals surface area contributed by atoms with Gasteiger partial charge in [0.05, 0.1) is 11.6 Å². The molecule has 0 fully saturated rings. The summed E-state index contributed by atoms with van der Waals surface area (Å²) < 4.78 is 5.09. The molecule has 0 spiro atoms. The summed E-state index contributed by atoms with van der Waals surface area (Å²) in [6.07, 6.45) is 3.61. The fourth-order valence-corrected chi connectivity index (χ4v) is 4.11. The van der Waals surface area contributed by atoms with E-state index in [4.69, 9.17) is 10.2 Å². The number of aromatic amines is 1. The summed E-state index contributed by atoms with van der Waals surface area (Å²) >= 11 is 1.81. The van der Waals surface area contributed by atoms with Crippen LogP contribution < -0.4 is 11.5 Å². The van der Waals surface area contributed by atoms with Crippen molar-refractivity contribution in [3.63, 3.8) is 0 Å². The summed E-state index contributed by atoms with van der Waals surface area (Å²) in [7, 11) is 0. The molecule has 0 bridgehead atoms. The SMILES string of the molecule is NC(c1ccc2[nH]c(=O)oc2c1)c1cc2c(s1)CCC2. The zero-order valence-electron chi connectivity index (χ0n) is 10.8. The number of H-pyrrole nitrogens is 1. The first kappa shape index (κ1) is 11.9. The maximum absolute atomic E-state index is 11.2. The van der Waals surface area contributed by atoms with Crippen molar-refractivity contribution in [3.8, 4) is 0 Å². The van der Waals surface area contributed by atoms with Gasteiger partial charge in [-0.15, -0.1) is 11.3 Å². The molecule has 0 aliphatic heterocycles. The lowest BCUT2D eigenvalue weighted by atomic mass is 10.1. The highest BCUT2D eigenvalue weighted by Gasteiger charge is 2.19. The number of fused-ring (bicyclic) bond motifs is 2. The molecule has 1 aliphatic carbocycles. The monoisotopic (exact) mass is 286 g/mol. The van der Waals surface area contributed by atoms with Crippen LogP contribution in [-0.4, -0.2) is 4.98 Å². The molecule has 4 nitrogen and oxygen atoms in total. The zero-order valence-corrected chi connectivity index (χ0v) is 11.6. The smallest absolute Gasteiger partial charge is 0.408 e. The molecule has 2 heterocycles. The summed E-state index contributed by atoms with van der Waals surface area (Å²) in [5, 5.41) is 0. The Balaban J connectivity index is 1.74. The van der Waals surface area contributed by atoms with Gasteiger partial charge in [0.15, 0.2) is 5.58 Å². The van der Waals surface area contributed by atoms with E-state index in [1.165, 1.54) is 34.6 Å². The van der Waals surface area contributed by atoms with Crippen molar-refractivity contribution < 1.29 is 4.42 Å². The van der Waals surface area contributed by atoms with Gasteiger partial charge < -0.3 is 10.2 Å². The Hall–Kier alpha value is -1.85. The van der Waals surface area contributed by atoms with Crippen LogP contribution in [0.1, 0.15) is 33.3 Å². The number of aryl methyl sites for hydroxylation is 2. The number of oxazole rings is 1. The molecule has 1 atom stereocenters. The molecule has 5 heteroatoms. The van der Waals surface area contributed by atoms with Crippen molar-refractivity contribution >= 4 is 22.4 Å². The lowest BCUT2D eigenvalue weighted by molar-refractivity contribution is 0.555. The first-order valence-corrected chi connectivity index (χ1v) is 7.52. The summed E-state index contributed by atoms with van der Waals surface area (Å²) in [6.45, 7) is 0. The molecule has 0 radical (unpaired) electrons. The minimum atomic E-state index is -0.430. The summed E-state index contributed by atoms with van der Waals surface area (Å²) in [5.41, 5.74) is 10.1. The molecule has 0 saturated heterocycles. The Labute approximate surface area is 119 Å². The lowest BCUT2D eigenvalue weighted by Crippen LogP contribution is -2.10. The van der Waals surface area contributed by atoms with Gasteiger partial charge in [-0.05, 0) is 48.6 Å². The van der Waals surface area contributed by atoms with E-state index in [0.717, 1.165) is 5.56 Å². The third-order valence-corrected chi connectivity index (χ3v) is 5.20. The van der Waals surface area contributed by atoms with Gasteiger partial charge in [-0.2, -0.15) is 0 Å². The standard InChI is InChI=1S/C15H14N2O2S/c16-14(13-7-8-2-1-3-12(8)20-13)9-4-5-10-11(6-9)19-15(18)17-10/h4-7,14H,1-3,16H2,(H,17,18). The third kappa shape index (κ3) is 1.82. The van der Waals surface area contributed by atoms with Crippen LogP contribution >= 0.6 is 11.3 Å². The van der Waals surface area contributed by atoms with Crippen LogP contribution in [-0.2, 0) is 12.8 Å². The Kier molecular flexibility index (Phi) is 2.58. The van der Waals surface area contributed by atoms with E-state index in [-0.39, 0.29) is 6.04 Å². The maximum atomic E-state index is 11.2. The fraction of sp³-hybridized carbons (Fsp3) is 0.267. The van der Waals surface area contributed by atoms with Crippen LogP contribution in [0.4, 0.5) is 0 Å². The van der Waals surface area contributed by atoms with Gasteiger partial charge in [-0.25, -0.2) is 4.79 Å². The number of hydrogen-bond donors (Lipinski definition) is 2. The second-order valence-electron chi connectivity index (χ2n) is 5.20. The molecule has 102 valence electrons. The van der Waals surface area contributed by atoms with E-state index in [9.17, 15) is 4.79 Å². The van der Waals surface area contributed by atoms with Crippen LogP contribution in [0.15, 0.2) is 33.5 Å². The molecule has 0 saturated carbocycles. The van der Waals surface area contributed by atoms with Gasteiger partial charge in [0.25, 0.3) is 0 Å².